The number of hydrogen-bond donors (Lipinski definition) is 0. The first kappa shape index (κ1) is 25.0. The SMILES string of the molecule is c1ccc(C(c2ccccc2)(c2cccc(-n3c4ccccc4c4ccc(-c5ncco5)cc43)c2)c2ccccn2)cc1. The second-order valence-electron chi connectivity index (χ2n) is 10.7. The summed E-state index contributed by atoms with van der Waals surface area (Å²) in [4.78, 5) is 9.40. The molecule has 0 saturated carbocycles. The van der Waals surface area contributed by atoms with E-state index in [2.05, 4.69) is 149 Å². The molecule has 8 aromatic rings. The summed E-state index contributed by atoms with van der Waals surface area (Å²) in [5.74, 6) is 0.606. The molecule has 0 aliphatic heterocycles. The van der Waals surface area contributed by atoms with Gasteiger partial charge in [-0.05, 0) is 59.2 Å². The maximum Gasteiger partial charge on any atom is 0.225 e. The Morgan fingerprint density at radius 2 is 1.21 bits per heavy atom. The molecule has 3 heterocycles. The van der Waals surface area contributed by atoms with Crippen LogP contribution in [0.3, 0.4) is 0 Å². The van der Waals surface area contributed by atoms with Gasteiger partial charge in [0.2, 0.25) is 5.89 Å². The van der Waals surface area contributed by atoms with Crippen molar-refractivity contribution in [2.75, 3.05) is 0 Å². The number of nitrogens with zero attached hydrogens (tertiary/aromatic N) is 3. The lowest BCUT2D eigenvalue weighted by atomic mass is 9.67. The predicted molar refractivity (Wildman–Crippen MR) is 172 cm³/mol. The summed E-state index contributed by atoms with van der Waals surface area (Å²) < 4.78 is 8.02. The summed E-state index contributed by atoms with van der Waals surface area (Å²) in [7, 11) is 0. The van der Waals surface area contributed by atoms with E-state index in [0.29, 0.717) is 5.89 Å². The van der Waals surface area contributed by atoms with E-state index in [1.807, 2.05) is 12.3 Å². The minimum Gasteiger partial charge on any atom is -0.445 e. The molecule has 204 valence electrons. The first-order valence-electron chi connectivity index (χ1n) is 14.4. The lowest BCUT2D eigenvalue weighted by molar-refractivity contribution is 0.574. The molecule has 0 unspecified atom stereocenters. The van der Waals surface area contributed by atoms with E-state index in [0.717, 1.165) is 44.7 Å². The number of benzene rings is 5. The van der Waals surface area contributed by atoms with E-state index in [-0.39, 0.29) is 0 Å². The first-order valence-corrected chi connectivity index (χ1v) is 14.4. The molecule has 0 amide bonds. The van der Waals surface area contributed by atoms with E-state index in [1.165, 1.54) is 10.8 Å². The van der Waals surface area contributed by atoms with Gasteiger partial charge in [-0.25, -0.2) is 4.98 Å². The van der Waals surface area contributed by atoms with Crippen molar-refractivity contribution < 1.29 is 4.42 Å². The molecular weight excluding hydrogens is 526 g/mol. The van der Waals surface area contributed by atoms with Crippen LogP contribution in [0, 0.1) is 0 Å². The second kappa shape index (κ2) is 10.3. The molecule has 3 aromatic heterocycles. The normalized spacial score (nSPS) is 11.7. The molecule has 8 rings (SSSR count). The number of fused-ring (bicyclic) bond motifs is 3. The Morgan fingerprint density at radius 3 is 1.93 bits per heavy atom. The lowest BCUT2D eigenvalue weighted by Gasteiger charge is -2.36. The maximum atomic E-state index is 5.67. The highest BCUT2D eigenvalue weighted by Crippen LogP contribution is 2.45. The van der Waals surface area contributed by atoms with Gasteiger partial charge in [0.25, 0.3) is 0 Å². The van der Waals surface area contributed by atoms with Crippen LogP contribution in [-0.2, 0) is 5.41 Å². The molecule has 0 saturated heterocycles. The van der Waals surface area contributed by atoms with Gasteiger partial charge in [-0.1, -0.05) is 103 Å². The fourth-order valence-electron chi connectivity index (χ4n) is 6.53. The summed E-state index contributed by atoms with van der Waals surface area (Å²) in [5.41, 5.74) is 8.03. The Labute approximate surface area is 249 Å². The van der Waals surface area contributed by atoms with Crippen molar-refractivity contribution in [1.29, 1.82) is 0 Å². The maximum absolute atomic E-state index is 5.67. The molecule has 0 spiro atoms. The zero-order valence-electron chi connectivity index (χ0n) is 23.3. The minimum atomic E-state index is -0.637. The molecule has 43 heavy (non-hydrogen) atoms. The number of rotatable bonds is 6. The van der Waals surface area contributed by atoms with Crippen molar-refractivity contribution in [2.24, 2.45) is 0 Å². The Kier molecular flexibility index (Phi) is 5.97. The number of oxazole rings is 1. The highest BCUT2D eigenvalue weighted by Gasteiger charge is 2.39. The molecular formula is C39H27N3O. The third-order valence-electron chi connectivity index (χ3n) is 8.35. The highest BCUT2D eigenvalue weighted by molar-refractivity contribution is 6.10. The van der Waals surface area contributed by atoms with Gasteiger partial charge in [0, 0.05) is 28.2 Å². The lowest BCUT2D eigenvalue weighted by Crippen LogP contribution is -2.32. The summed E-state index contributed by atoms with van der Waals surface area (Å²) in [5, 5.41) is 2.38. The van der Waals surface area contributed by atoms with Crippen molar-refractivity contribution in [3.05, 3.63) is 187 Å². The van der Waals surface area contributed by atoms with E-state index in [9.17, 15) is 0 Å². The highest BCUT2D eigenvalue weighted by atomic mass is 16.3. The van der Waals surface area contributed by atoms with Gasteiger partial charge in [0.05, 0.1) is 28.3 Å². The van der Waals surface area contributed by atoms with Crippen LogP contribution in [0.15, 0.2) is 169 Å². The van der Waals surface area contributed by atoms with Crippen LogP contribution >= 0.6 is 0 Å². The van der Waals surface area contributed by atoms with Crippen molar-refractivity contribution in [2.45, 2.75) is 5.41 Å². The Morgan fingerprint density at radius 1 is 0.512 bits per heavy atom. The van der Waals surface area contributed by atoms with Gasteiger partial charge in [-0.3, -0.25) is 4.98 Å². The molecule has 0 bridgehead atoms. The third-order valence-corrected chi connectivity index (χ3v) is 8.35. The van der Waals surface area contributed by atoms with Crippen LogP contribution in [-0.4, -0.2) is 14.5 Å². The predicted octanol–water partition coefficient (Wildman–Crippen LogP) is 9.22. The quantitative estimate of drug-likeness (QED) is 0.193. The fourth-order valence-corrected chi connectivity index (χ4v) is 6.53. The summed E-state index contributed by atoms with van der Waals surface area (Å²) in [6.07, 6.45) is 5.18. The van der Waals surface area contributed by atoms with Crippen molar-refractivity contribution >= 4 is 21.8 Å². The largest absolute Gasteiger partial charge is 0.445 e. The second-order valence-corrected chi connectivity index (χ2v) is 10.7. The van der Waals surface area contributed by atoms with Gasteiger partial charge < -0.3 is 8.98 Å². The van der Waals surface area contributed by atoms with E-state index >= 15 is 0 Å². The van der Waals surface area contributed by atoms with E-state index in [4.69, 9.17) is 9.40 Å². The molecule has 0 N–H and O–H groups in total. The molecule has 4 heteroatoms. The average molecular weight is 554 g/mol. The molecule has 5 aromatic carbocycles. The molecule has 0 atom stereocenters. The van der Waals surface area contributed by atoms with Crippen LogP contribution in [0.5, 0.6) is 0 Å². The summed E-state index contributed by atoms with van der Waals surface area (Å²) >= 11 is 0. The molecule has 0 fully saturated rings. The van der Waals surface area contributed by atoms with Crippen molar-refractivity contribution in [3.8, 4) is 17.1 Å². The van der Waals surface area contributed by atoms with E-state index in [1.54, 1.807) is 12.5 Å². The van der Waals surface area contributed by atoms with Gasteiger partial charge in [-0.2, -0.15) is 0 Å². The van der Waals surface area contributed by atoms with Crippen LogP contribution in [0.2, 0.25) is 0 Å². The average Bonchev–Trinajstić information content (AvgIpc) is 3.74. The smallest absolute Gasteiger partial charge is 0.225 e. The van der Waals surface area contributed by atoms with Crippen LogP contribution in [0.4, 0.5) is 0 Å². The van der Waals surface area contributed by atoms with Gasteiger partial charge in [0.15, 0.2) is 0 Å². The van der Waals surface area contributed by atoms with Crippen LogP contribution < -0.4 is 0 Å². The standard InChI is InChI=1S/C39H27N3O/c1-3-12-29(13-4-1)39(30-14-5-2-6-15-30,37-20-9-10-23-40-37)31-16-11-17-32(27-31)42-35-19-8-7-18-33(35)34-22-21-28(26-36(34)42)38-41-24-25-43-38/h1-27H. The van der Waals surface area contributed by atoms with Gasteiger partial charge in [0.1, 0.15) is 6.26 Å². The van der Waals surface area contributed by atoms with Crippen LogP contribution in [0.25, 0.3) is 38.9 Å². The summed E-state index contributed by atoms with van der Waals surface area (Å²) in [6.45, 7) is 0. The molecule has 4 nitrogen and oxygen atoms in total. The first-order chi connectivity index (χ1) is 21.3. The molecule has 0 aliphatic carbocycles. The number of para-hydroxylation sites is 1. The van der Waals surface area contributed by atoms with Crippen molar-refractivity contribution in [3.63, 3.8) is 0 Å². The molecule has 0 aliphatic rings. The Bertz CT molecular complexity index is 2070. The molecule has 0 radical (unpaired) electrons. The fraction of sp³-hybridized carbons (Fsp3) is 0.0256. The van der Waals surface area contributed by atoms with E-state index < -0.39 is 5.41 Å². The third kappa shape index (κ3) is 3.99. The summed E-state index contributed by atoms with van der Waals surface area (Å²) in [6, 6.07) is 51.5. The Balaban J connectivity index is 1.44. The monoisotopic (exact) mass is 553 g/mol. The topological polar surface area (TPSA) is 43.9 Å². The number of pyridine rings is 1. The minimum absolute atomic E-state index is 0.606. The zero-order chi connectivity index (χ0) is 28.6. The number of hydrogen-bond acceptors (Lipinski definition) is 3. The zero-order valence-corrected chi connectivity index (χ0v) is 23.3. The Hall–Kier alpha value is -5.74. The van der Waals surface area contributed by atoms with Crippen LogP contribution in [0.1, 0.15) is 22.4 Å². The van der Waals surface area contributed by atoms with Gasteiger partial charge in [-0.15, -0.1) is 0 Å². The number of aromatic nitrogens is 3. The van der Waals surface area contributed by atoms with Gasteiger partial charge >= 0.3 is 0 Å². The van der Waals surface area contributed by atoms with Crippen molar-refractivity contribution in [1.82, 2.24) is 14.5 Å².